The van der Waals surface area contributed by atoms with Crippen LogP contribution in [0.2, 0.25) is 5.02 Å². The standard InChI is InChI=1S/C8H6ClIO/c1-5(11)7-4-6(9)2-3-8(7)10/h2-4H,1H3. The quantitative estimate of drug-likeness (QED) is 0.570. The van der Waals surface area contributed by atoms with Crippen molar-refractivity contribution in [3.8, 4) is 0 Å². The van der Waals surface area contributed by atoms with Gasteiger partial charge < -0.3 is 0 Å². The van der Waals surface area contributed by atoms with Crippen LogP contribution in [0, 0.1) is 3.57 Å². The maximum absolute atomic E-state index is 11.0. The lowest BCUT2D eigenvalue weighted by atomic mass is 10.2. The first-order valence-electron chi connectivity index (χ1n) is 3.07. The fourth-order valence-electron chi connectivity index (χ4n) is 0.767. The first kappa shape index (κ1) is 9.00. The van der Waals surface area contributed by atoms with Gasteiger partial charge in [0.15, 0.2) is 5.78 Å². The molecule has 0 aliphatic rings. The normalized spacial score (nSPS) is 9.73. The van der Waals surface area contributed by atoms with Gasteiger partial charge in [0, 0.05) is 14.2 Å². The van der Waals surface area contributed by atoms with Crippen molar-refractivity contribution in [2.45, 2.75) is 6.92 Å². The van der Waals surface area contributed by atoms with E-state index in [1.54, 1.807) is 12.1 Å². The first-order valence-corrected chi connectivity index (χ1v) is 4.53. The molecule has 0 N–H and O–H groups in total. The molecule has 58 valence electrons. The van der Waals surface area contributed by atoms with E-state index in [2.05, 4.69) is 22.6 Å². The van der Waals surface area contributed by atoms with Gasteiger partial charge in [0.2, 0.25) is 0 Å². The van der Waals surface area contributed by atoms with Gasteiger partial charge in [-0.25, -0.2) is 0 Å². The van der Waals surface area contributed by atoms with E-state index in [4.69, 9.17) is 11.6 Å². The Balaban J connectivity index is 3.23. The van der Waals surface area contributed by atoms with Gasteiger partial charge in [-0.05, 0) is 47.7 Å². The van der Waals surface area contributed by atoms with E-state index in [-0.39, 0.29) is 5.78 Å². The molecule has 1 nitrogen and oxygen atoms in total. The molecule has 0 saturated carbocycles. The summed E-state index contributed by atoms with van der Waals surface area (Å²) in [5.41, 5.74) is 0.693. The molecule has 1 rings (SSSR count). The van der Waals surface area contributed by atoms with E-state index in [1.165, 1.54) is 6.92 Å². The van der Waals surface area contributed by atoms with Gasteiger partial charge in [-0.15, -0.1) is 0 Å². The van der Waals surface area contributed by atoms with E-state index in [0.717, 1.165) is 3.57 Å². The largest absolute Gasteiger partial charge is 0.294 e. The molecule has 0 atom stereocenters. The van der Waals surface area contributed by atoms with Crippen molar-refractivity contribution in [1.82, 2.24) is 0 Å². The SMILES string of the molecule is CC(=O)c1cc(Cl)ccc1I. The number of rotatable bonds is 1. The molecule has 0 fully saturated rings. The monoisotopic (exact) mass is 280 g/mol. The number of hydrogen-bond donors (Lipinski definition) is 0. The number of benzene rings is 1. The Morgan fingerprint density at radius 2 is 2.18 bits per heavy atom. The predicted octanol–water partition coefficient (Wildman–Crippen LogP) is 3.15. The van der Waals surface area contributed by atoms with Gasteiger partial charge in [0.05, 0.1) is 0 Å². The molecule has 0 radical (unpaired) electrons. The van der Waals surface area contributed by atoms with Crippen LogP contribution in [0.4, 0.5) is 0 Å². The Hall–Kier alpha value is -0.0900. The number of carbonyl (C=O) groups excluding carboxylic acids is 1. The van der Waals surface area contributed by atoms with Crippen LogP contribution in [0.25, 0.3) is 0 Å². The number of hydrogen-bond acceptors (Lipinski definition) is 1. The second kappa shape index (κ2) is 3.54. The first-order chi connectivity index (χ1) is 5.11. The third-order valence-electron chi connectivity index (χ3n) is 1.31. The van der Waals surface area contributed by atoms with Crippen molar-refractivity contribution < 1.29 is 4.79 Å². The third-order valence-corrected chi connectivity index (χ3v) is 2.48. The summed E-state index contributed by atoms with van der Waals surface area (Å²) in [5, 5.41) is 0.607. The minimum atomic E-state index is 0.0527. The third kappa shape index (κ3) is 2.17. The zero-order chi connectivity index (χ0) is 8.43. The van der Waals surface area contributed by atoms with Crippen LogP contribution >= 0.6 is 34.2 Å². The van der Waals surface area contributed by atoms with E-state index >= 15 is 0 Å². The van der Waals surface area contributed by atoms with Gasteiger partial charge in [0.1, 0.15) is 0 Å². The van der Waals surface area contributed by atoms with E-state index in [1.807, 2.05) is 6.07 Å². The number of halogens is 2. The van der Waals surface area contributed by atoms with Crippen molar-refractivity contribution in [3.63, 3.8) is 0 Å². The molecule has 0 saturated heterocycles. The summed E-state index contributed by atoms with van der Waals surface area (Å²) in [5.74, 6) is 0.0527. The Bertz CT molecular complexity index is 296. The fraction of sp³-hybridized carbons (Fsp3) is 0.125. The average molecular weight is 280 g/mol. The van der Waals surface area contributed by atoms with Crippen LogP contribution in [-0.4, -0.2) is 5.78 Å². The molecule has 3 heteroatoms. The highest BCUT2D eigenvalue weighted by Gasteiger charge is 2.04. The van der Waals surface area contributed by atoms with Crippen molar-refractivity contribution in [2.24, 2.45) is 0 Å². The molecule has 0 bridgehead atoms. The predicted molar refractivity (Wildman–Crippen MR) is 54.2 cm³/mol. The van der Waals surface area contributed by atoms with Gasteiger partial charge in [-0.1, -0.05) is 11.6 Å². The van der Waals surface area contributed by atoms with Crippen LogP contribution in [-0.2, 0) is 0 Å². The topological polar surface area (TPSA) is 17.1 Å². The smallest absolute Gasteiger partial charge is 0.160 e. The Morgan fingerprint density at radius 3 is 2.64 bits per heavy atom. The van der Waals surface area contributed by atoms with E-state index in [0.29, 0.717) is 10.6 Å². The fourth-order valence-corrected chi connectivity index (χ4v) is 1.65. The molecule has 1 aromatic rings. The highest BCUT2D eigenvalue weighted by Crippen LogP contribution is 2.17. The highest BCUT2D eigenvalue weighted by molar-refractivity contribution is 14.1. The minimum Gasteiger partial charge on any atom is -0.294 e. The summed E-state index contributed by atoms with van der Waals surface area (Å²) in [6.07, 6.45) is 0. The molecular weight excluding hydrogens is 274 g/mol. The highest BCUT2D eigenvalue weighted by atomic mass is 127. The summed E-state index contributed by atoms with van der Waals surface area (Å²) < 4.78 is 0.944. The molecule has 0 unspecified atom stereocenters. The zero-order valence-electron chi connectivity index (χ0n) is 5.90. The summed E-state index contributed by atoms with van der Waals surface area (Å²) in [6, 6.07) is 5.29. The zero-order valence-corrected chi connectivity index (χ0v) is 8.81. The second-order valence-electron chi connectivity index (χ2n) is 2.18. The van der Waals surface area contributed by atoms with Crippen molar-refractivity contribution in [2.75, 3.05) is 0 Å². The summed E-state index contributed by atoms with van der Waals surface area (Å²) in [6.45, 7) is 1.54. The van der Waals surface area contributed by atoms with E-state index < -0.39 is 0 Å². The molecule has 0 heterocycles. The molecule has 0 amide bonds. The molecule has 11 heavy (non-hydrogen) atoms. The Kier molecular flexibility index (Phi) is 2.90. The number of Topliss-reactive ketones (excluding diaryl/α,β-unsaturated/α-hetero) is 1. The summed E-state index contributed by atoms with van der Waals surface area (Å²) >= 11 is 7.82. The number of ketones is 1. The lowest BCUT2D eigenvalue weighted by molar-refractivity contribution is 0.101. The second-order valence-corrected chi connectivity index (χ2v) is 3.78. The van der Waals surface area contributed by atoms with Crippen molar-refractivity contribution in [1.29, 1.82) is 0 Å². The summed E-state index contributed by atoms with van der Waals surface area (Å²) in [4.78, 5) is 11.0. The Morgan fingerprint density at radius 1 is 1.55 bits per heavy atom. The Labute approximate surface area is 83.9 Å². The van der Waals surface area contributed by atoms with Gasteiger partial charge in [-0.3, -0.25) is 4.79 Å². The molecular formula is C8H6ClIO. The summed E-state index contributed by atoms with van der Waals surface area (Å²) in [7, 11) is 0. The number of carbonyl (C=O) groups is 1. The molecule has 0 aliphatic heterocycles. The van der Waals surface area contributed by atoms with Gasteiger partial charge in [-0.2, -0.15) is 0 Å². The van der Waals surface area contributed by atoms with E-state index in [9.17, 15) is 4.79 Å². The lowest BCUT2D eigenvalue weighted by Crippen LogP contribution is -1.94. The van der Waals surface area contributed by atoms with Crippen LogP contribution in [0.15, 0.2) is 18.2 Å². The maximum Gasteiger partial charge on any atom is 0.160 e. The lowest BCUT2D eigenvalue weighted by Gasteiger charge is -1.98. The molecule has 0 aromatic heterocycles. The maximum atomic E-state index is 11.0. The van der Waals surface area contributed by atoms with Crippen LogP contribution in [0.1, 0.15) is 17.3 Å². The van der Waals surface area contributed by atoms with Crippen LogP contribution < -0.4 is 0 Å². The van der Waals surface area contributed by atoms with Crippen LogP contribution in [0.5, 0.6) is 0 Å². The molecule has 1 aromatic carbocycles. The molecule has 0 aliphatic carbocycles. The average Bonchev–Trinajstić information content (AvgIpc) is 1.94. The van der Waals surface area contributed by atoms with Gasteiger partial charge in [0.25, 0.3) is 0 Å². The van der Waals surface area contributed by atoms with Gasteiger partial charge >= 0.3 is 0 Å². The van der Waals surface area contributed by atoms with Crippen molar-refractivity contribution in [3.05, 3.63) is 32.4 Å². The van der Waals surface area contributed by atoms with Crippen LogP contribution in [0.3, 0.4) is 0 Å². The minimum absolute atomic E-state index is 0.0527. The van der Waals surface area contributed by atoms with Crippen molar-refractivity contribution >= 4 is 40.0 Å². The molecule has 0 spiro atoms.